The minimum atomic E-state index is 0.140. The molecule has 0 radical (unpaired) electrons. The average molecular weight is 275 g/mol. The fourth-order valence-corrected chi connectivity index (χ4v) is 2.90. The Hall–Kier alpha value is -1.55. The Morgan fingerprint density at radius 3 is 1.95 bits per heavy atom. The number of hydrogen-bond donors (Lipinski definition) is 2. The Morgan fingerprint density at radius 2 is 1.58 bits per heavy atom. The second kappa shape index (κ2) is 4.53. The zero-order chi connectivity index (χ0) is 14.4. The van der Waals surface area contributed by atoms with Crippen LogP contribution in [-0.4, -0.2) is 4.98 Å². The van der Waals surface area contributed by atoms with E-state index in [-0.39, 0.29) is 5.41 Å². The van der Waals surface area contributed by atoms with Gasteiger partial charge >= 0.3 is 0 Å². The van der Waals surface area contributed by atoms with Gasteiger partial charge < -0.3 is 11.5 Å². The number of aryl methyl sites for hydroxylation is 2. The molecule has 0 fully saturated rings. The number of nitrogen functional groups attached to an aromatic ring is 2. The second-order valence-electron chi connectivity index (χ2n) is 6.00. The summed E-state index contributed by atoms with van der Waals surface area (Å²) in [5.41, 5.74) is 17.5. The molecule has 102 valence electrons. The smallest absolute Gasteiger partial charge is 0.182 e. The van der Waals surface area contributed by atoms with E-state index in [2.05, 4.69) is 51.7 Å². The summed E-state index contributed by atoms with van der Waals surface area (Å²) in [5, 5.41) is 1.21. The number of nitrogens with zero attached hydrogens (tertiary/aromatic N) is 1. The van der Waals surface area contributed by atoms with Gasteiger partial charge in [-0.3, -0.25) is 0 Å². The van der Waals surface area contributed by atoms with Crippen LogP contribution in [0.25, 0.3) is 11.3 Å². The maximum absolute atomic E-state index is 6.01. The fraction of sp³-hybridized carbons (Fsp3) is 0.400. The first kappa shape index (κ1) is 13.9. The molecule has 0 saturated heterocycles. The number of anilines is 2. The molecule has 0 spiro atoms. The van der Waals surface area contributed by atoms with Crippen LogP contribution < -0.4 is 11.5 Å². The van der Waals surface area contributed by atoms with Crippen LogP contribution in [0.3, 0.4) is 0 Å². The minimum Gasteiger partial charge on any atom is -0.389 e. The quantitative estimate of drug-likeness (QED) is 0.830. The van der Waals surface area contributed by atoms with Crippen LogP contribution in [0.4, 0.5) is 10.1 Å². The van der Waals surface area contributed by atoms with Gasteiger partial charge in [0.05, 0.1) is 0 Å². The van der Waals surface area contributed by atoms with Crippen molar-refractivity contribution in [3.05, 3.63) is 28.8 Å². The van der Waals surface area contributed by atoms with Gasteiger partial charge in [0.1, 0.15) is 10.7 Å². The summed E-state index contributed by atoms with van der Waals surface area (Å²) >= 11 is 1.34. The number of rotatable bonds is 1. The van der Waals surface area contributed by atoms with E-state index in [1.165, 1.54) is 28.0 Å². The monoisotopic (exact) mass is 275 g/mol. The summed E-state index contributed by atoms with van der Waals surface area (Å²) in [6.07, 6.45) is 0. The molecule has 1 aromatic heterocycles. The van der Waals surface area contributed by atoms with Gasteiger partial charge in [0.2, 0.25) is 0 Å². The van der Waals surface area contributed by atoms with Crippen LogP contribution in [0.5, 0.6) is 0 Å². The third-order valence-electron chi connectivity index (χ3n) is 3.31. The Labute approximate surface area is 118 Å². The van der Waals surface area contributed by atoms with E-state index in [0.717, 1.165) is 11.3 Å². The van der Waals surface area contributed by atoms with Crippen LogP contribution in [-0.2, 0) is 5.41 Å². The van der Waals surface area contributed by atoms with Crippen molar-refractivity contribution < 1.29 is 0 Å². The number of benzene rings is 1. The molecule has 19 heavy (non-hydrogen) atoms. The van der Waals surface area contributed by atoms with E-state index < -0.39 is 0 Å². The SMILES string of the molecule is Cc1cc(C(C)(C)C)cc(C)c1-c1nc(N)sc1N. The zero-order valence-corrected chi connectivity index (χ0v) is 13.0. The van der Waals surface area contributed by atoms with Crippen molar-refractivity contribution in [2.75, 3.05) is 11.5 Å². The van der Waals surface area contributed by atoms with Crippen molar-refractivity contribution in [3.8, 4) is 11.3 Å². The van der Waals surface area contributed by atoms with Crippen molar-refractivity contribution in [2.45, 2.75) is 40.0 Å². The molecule has 2 aromatic rings. The molecular formula is C15H21N3S. The van der Waals surface area contributed by atoms with Gasteiger partial charge in [-0.2, -0.15) is 0 Å². The fourth-order valence-electron chi connectivity index (χ4n) is 2.30. The lowest BCUT2D eigenvalue weighted by molar-refractivity contribution is 0.589. The maximum Gasteiger partial charge on any atom is 0.182 e. The lowest BCUT2D eigenvalue weighted by Crippen LogP contribution is -2.12. The summed E-state index contributed by atoms with van der Waals surface area (Å²) in [5.74, 6) is 0. The zero-order valence-electron chi connectivity index (χ0n) is 12.2. The largest absolute Gasteiger partial charge is 0.389 e. The Balaban J connectivity index is 2.64. The van der Waals surface area contributed by atoms with Gasteiger partial charge in [-0.1, -0.05) is 44.2 Å². The normalized spacial score (nSPS) is 11.8. The molecular weight excluding hydrogens is 254 g/mol. The Kier molecular flexibility index (Phi) is 3.31. The first-order valence-electron chi connectivity index (χ1n) is 6.34. The summed E-state index contributed by atoms with van der Waals surface area (Å²) in [4.78, 5) is 4.37. The Morgan fingerprint density at radius 1 is 1.05 bits per heavy atom. The highest BCUT2D eigenvalue weighted by Gasteiger charge is 2.19. The average Bonchev–Trinajstić information content (AvgIpc) is 2.55. The Bertz CT molecular complexity index is 598. The van der Waals surface area contributed by atoms with E-state index in [1.807, 2.05) is 0 Å². The molecule has 4 heteroatoms. The first-order valence-corrected chi connectivity index (χ1v) is 7.15. The standard InChI is InChI=1S/C15H21N3S/c1-8-6-10(15(3,4)5)7-9(2)11(8)12-13(16)19-14(17)18-12/h6-7H,16H2,1-5H3,(H2,17,18). The topological polar surface area (TPSA) is 64.9 Å². The van der Waals surface area contributed by atoms with Crippen molar-refractivity contribution in [1.29, 1.82) is 0 Å². The van der Waals surface area contributed by atoms with E-state index in [9.17, 15) is 0 Å². The molecule has 1 heterocycles. The van der Waals surface area contributed by atoms with Gasteiger partial charge in [0.25, 0.3) is 0 Å². The van der Waals surface area contributed by atoms with Crippen molar-refractivity contribution in [1.82, 2.24) is 4.98 Å². The predicted molar refractivity (Wildman–Crippen MR) is 84.5 cm³/mol. The van der Waals surface area contributed by atoms with Gasteiger partial charge in [0.15, 0.2) is 5.13 Å². The molecule has 4 N–H and O–H groups in total. The molecule has 0 aliphatic heterocycles. The third kappa shape index (κ3) is 2.59. The highest BCUT2D eigenvalue weighted by molar-refractivity contribution is 7.19. The van der Waals surface area contributed by atoms with Crippen LogP contribution in [0, 0.1) is 13.8 Å². The third-order valence-corrected chi connectivity index (χ3v) is 4.02. The lowest BCUT2D eigenvalue weighted by atomic mass is 9.83. The van der Waals surface area contributed by atoms with Crippen molar-refractivity contribution >= 4 is 21.5 Å². The van der Waals surface area contributed by atoms with Crippen LogP contribution in [0.15, 0.2) is 12.1 Å². The van der Waals surface area contributed by atoms with E-state index in [1.54, 1.807) is 0 Å². The van der Waals surface area contributed by atoms with E-state index in [4.69, 9.17) is 11.5 Å². The van der Waals surface area contributed by atoms with E-state index in [0.29, 0.717) is 10.1 Å². The summed E-state index contributed by atoms with van der Waals surface area (Å²) in [6.45, 7) is 10.9. The highest BCUT2D eigenvalue weighted by atomic mass is 32.1. The minimum absolute atomic E-state index is 0.140. The number of nitrogens with two attached hydrogens (primary N) is 2. The molecule has 0 unspecified atom stereocenters. The molecule has 0 bridgehead atoms. The van der Waals surface area contributed by atoms with Crippen LogP contribution in [0.1, 0.15) is 37.5 Å². The summed E-state index contributed by atoms with van der Waals surface area (Å²) in [7, 11) is 0. The second-order valence-corrected chi connectivity index (χ2v) is 7.06. The van der Waals surface area contributed by atoms with Gasteiger partial charge in [-0.25, -0.2) is 4.98 Å². The van der Waals surface area contributed by atoms with Crippen molar-refractivity contribution in [2.24, 2.45) is 0 Å². The van der Waals surface area contributed by atoms with Gasteiger partial charge in [-0.15, -0.1) is 0 Å². The molecule has 0 amide bonds. The molecule has 0 saturated carbocycles. The molecule has 0 atom stereocenters. The molecule has 0 aliphatic carbocycles. The van der Waals surface area contributed by atoms with E-state index >= 15 is 0 Å². The molecule has 0 aliphatic rings. The first-order chi connectivity index (χ1) is 8.70. The summed E-state index contributed by atoms with van der Waals surface area (Å²) in [6, 6.07) is 4.44. The lowest BCUT2D eigenvalue weighted by Gasteiger charge is -2.22. The molecule has 1 aromatic carbocycles. The number of thiazole rings is 1. The predicted octanol–water partition coefficient (Wildman–Crippen LogP) is 3.89. The van der Waals surface area contributed by atoms with Gasteiger partial charge in [0, 0.05) is 5.56 Å². The molecule has 2 rings (SSSR count). The molecule has 3 nitrogen and oxygen atoms in total. The van der Waals surface area contributed by atoms with Crippen molar-refractivity contribution in [3.63, 3.8) is 0 Å². The van der Waals surface area contributed by atoms with Crippen LogP contribution >= 0.6 is 11.3 Å². The van der Waals surface area contributed by atoms with Crippen LogP contribution in [0.2, 0.25) is 0 Å². The maximum atomic E-state index is 6.01. The summed E-state index contributed by atoms with van der Waals surface area (Å²) < 4.78 is 0. The number of aromatic nitrogens is 1. The number of hydrogen-bond acceptors (Lipinski definition) is 4. The van der Waals surface area contributed by atoms with Gasteiger partial charge in [-0.05, 0) is 36.0 Å². The highest BCUT2D eigenvalue weighted by Crippen LogP contribution is 2.37.